The summed E-state index contributed by atoms with van der Waals surface area (Å²) in [5.74, 6) is -0.147. The van der Waals surface area contributed by atoms with Crippen molar-refractivity contribution in [3.05, 3.63) is 47.5 Å². The minimum Gasteiger partial charge on any atom is -0.508 e. The van der Waals surface area contributed by atoms with Gasteiger partial charge in [-0.05, 0) is 42.8 Å². The van der Waals surface area contributed by atoms with Crippen LogP contribution in [0.15, 0.2) is 46.2 Å². The van der Waals surface area contributed by atoms with Crippen LogP contribution in [0, 0.1) is 18.3 Å². The lowest BCUT2D eigenvalue weighted by molar-refractivity contribution is 0.472. The molecule has 0 aliphatic rings. The van der Waals surface area contributed by atoms with E-state index in [-0.39, 0.29) is 26.8 Å². The number of nitrogen functional groups attached to an aromatic ring is 1. The second-order valence-electron chi connectivity index (χ2n) is 4.34. The molecule has 3 N–H and O–H groups in total. The molecule has 2 aromatic rings. The maximum Gasteiger partial charge on any atom is 0.208 e. The normalized spacial score (nSPS) is 11.0. The third-order valence-electron chi connectivity index (χ3n) is 2.81. The number of nitrogens with zero attached hydrogens (tertiary/aromatic N) is 1. The minimum absolute atomic E-state index is 0.0721. The Bertz CT molecular complexity index is 801. The molecule has 0 aliphatic carbocycles. The minimum atomic E-state index is -3.91. The van der Waals surface area contributed by atoms with E-state index in [4.69, 9.17) is 11.0 Å². The molecule has 0 aliphatic heterocycles. The third-order valence-corrected chi connectivity index (χ3v) is 4.58. The topological polar surface area (TPSA) is 104 Å². The average Bonchev–Trinajstić information content (AvgIpc) is 2.37. The molecule has 0 spiro atoms. The molecular weight excluding hydrogens is 276 g/mol. The van der Waals surface area contributed by atoms with Crippen LogP contribution in [0.5, 0.6) is 5.75 Å². The number of hydrogen-bond acceptors (Lipinski definition) is 5. The summed E-state index contributed by atoms with van der Waals surface area (Å²) in [5.41, 5.74) is 6.25. The Morgan fingerprint density at radius 1 is 1.25 bits per heavy atom. The lowest BCUT2D eigenvalue weighted by atomic mass is 10.2. The number of aromatic hydroxyl groups is 1. The number of nitriles is 1. The molecular formula is C14H12N2O3S. The SMILES string of the molecule is Cc1cc(O)cc(S(=O)(=O)c2cccc(N)c2C#N)c1. The zero-order chi connectivity index (χ0) is 14.9. The van der Waals surface area contributed by atoms with E-state index in [1.807, 2.05) is 0 Å². The van der Waals surface area contributed by atoms with E-state index in [0.717, 1.165) is 6.07 Å². The van der Waals surface area contributed by atoms with Crippen molar-refractivity contribution in [1.82, 2.24) is 0 Å². The Morgan fingerprint density at radius 3 is 2.55 bits per heavy atom. The highest BCUT2D eigenvalue weighted by atomic mass is 32.2. The van der Waals surface area contributed by atoms with Gasteiger partial charge < -0.3 is 10.8 Å². The Hall–Kier alpha value is -2.52. The number of sulfone groups is 1. The molecule has 2 aromatic carbocycles. The maximum absolute atomic E-state index is 12.6. The maximum atomic E-state index is 12.6. The molecule has 20 heavy (non-hydrogen) atoms. The van der Waals surface area contributed by atoms with Crippen LogP contribution in [0.1, 0.15) is 11.1 Å². The fourth-order valence-electron chi connectivity index (χ4n) is 1.90. The van der Waals surface area contributed by atoms with E-state index in [1.165, 1.54) is 30.3 Å². The summed E-state index contributed by atoms with van der Waals surface area (Å²) in [6.45, 7) is 1.67. The van der Waals surface area contributed by atoms with Gasteiger partial charge in [-0.1, -0.05) is 6.07 Å². The number of aryl methyl sites for hydroxylation is 1. The van der Waals surface area contributed by atoms with Gasteiger partial charge in [0.2, 0.25) is 9.84 Å². The van der Waals surface area contributed by atoms with E-state index >= 15 is 0 Å². The summed E-state index contributed by atoms with van der Waals surface area (Å²) >= 11 is 0. The monoisotopic (exact) mass is 288 g/mol. The highest BCUT2D eigenvalue weighted by molar-refractivity contribution is 7.91. The lowest BCUT2D eigenvalue weighted by Crippen LogP contribution is -2.06. The fraction of sp³-hybridized carbons (Fsp3) is 0.0714. The highest BCUT2D eigenvalue weighted by Crippen LogP contribution is 2.29. The van der Waals surface area contributed by atoms with Gasteiger partial charge in [0.25, 0.3) is 0 Å². The van der Waals surface area contributed by atoms with Crippen LogP contribution >= 0.6 is 0 Å². The van der Waals surface area contributed by atoms with Gasteiger partial charge in [-0.15, -0.1) is 0 Å². The number of rotatable bonds is 2. The summed E-state index contributed by atoms with van der Waals surface area (Å²) in [7, 11) is -3.91. The van der Waals surface area contributed by atoms with Crippen LogP contribution in [0.25, 0.3) is 0 Å². The zero-order valence-corrected chi connectivity index (χ0v) is 11.5. The Kier molecular flexibility index (Phi) is 3.38. The third kappa shape index (κ3) is 2.31. The predicted octanol–water partition coefficient (Wildman–Crippen LogP) is 1.99. The first kappa shape index (κ1) is 13.9. The molecule has 2 rings (SSSR count). The van der Waals surface area contributed by atoms with Crippen LogP contribution in [0.2, 0.25) is 0 Å². The summed E-state index contributed by atoms with van der Waals surface area (Å²) in [5, 5.41) is 18.6. The van der Waals surface area contributed by atoms with Gasteiger partial charge in [-0.2, -0.15) is 5.26 Å². The second kappa shape index (κ2) is 4.87. The Labute approximate surface area is 116 Å². The zero-order valence-electron chi connectivity index (χ0n) is 10.7. The van der Waals surface area contributed by atoms with Crippen LogP contribution in [-0.2, 0) is 9.84 Å². The summed E-state index contributed by atoms with van der Waals surface area (Å²) in [4.78, 5) is -0.234. The number of hydrogen-bond donors (Lipinski definition) is 2. The van der Waals surface area contributed by atoms with Gasteiger partial charge in [-0.3, -0.25) is 0 Å². The van der Waals surface area contributed by atoms with Crippen molar-refractivity contribution in [3.8, 4) is 11.8 Å². The highest BCUT2D eigenvalue weighted by Gasteiger charge is 2.23. The standard InChI is InChI=1S/C14H12N2O3S/c1-9-5-10(17)7-11(6-9)20(18,19)14-4-2-3-13(16)12(14)8-15/h2-7,17H,16H2,1H3. The quantitative estimate of drug-likeness (QED) is 0.822. The molecule has 0 radical (unpaired) electrons. The molecule has 0 fully saturated rings. The van der Waals surface area contributed by atoms with Gasteiger partial charge in [-0.25, -0.2) is 8.42 Å². The van der Waals surface area contributed by atoms with Gasteiger partial charge in [0.05, 0.1) is 21.0 Å². The van der Waals surface area contributed by atoms with Crippen molar-refractivity contribution in [3.63, 3.8) is 0 Å². The Morgan fingerprint density at radius 2 is 1.95 bits per heavy atom. The van der Waals surface area contributed by atoms with Gasteiger partial charge in [0.1, 0.15) is 11.8 Å². The largest absolute Gasteiger partial charge is 0.508 e. The molecule has 0 aromatic heterocycles. The van der Waals surface area contributed by atoms with Crippen LogP contribution < -0.4 is 5.73 Å². The van der Waals surface area contributed by atoms with Crippen molar-refractivity contribution in [2.24, 2.45) is 0 Å². The summed E-state index contributed by atoms with van der Waals surface area (Å²) in [6.07, 6.45) is 0. The molecule has 5 nitrogen and oxygen atoms in total. The van der Waals surface area contributed by atoms with E-state index in [2.05, 4.69) is 0 Å². The first-order valence-electron chi connectivity index (χ1n) is 5.70. The smallest absolute Gasteiger partial charge is 0.208 e. The molecule has 0 amide bonds. The molecule has 102 valence electrons. The van der Waals surface area contributed by atoms with E-state index in [0.29, 0.717) is 5.56 Å². The number of anilines is 1. The van der Waals surface area contributed by atoms with Crippen LogP contribution in [0.3, 0.4) is 0 Å². The van der Waals surface area contributed by atoms with Crippen molar-refractivity contribution < 1.29 is 13.5 Å². The van der Waals surface area contributed by atoms with Gasteiger partial charge in [0.15, 0.2) is 0 Å². The molecule has 0 unspecified atom stereocenters. The van der Waals surface area contributed by atoms with Gasteiger partial charge in [0, 0.05) is 0 Å². The fourth-order valence-corrected chi connectivity index (χ4v) is 3.46. The van der Waals surface area contributed by atoms with Crippen LogP contribution in [0.4, 0.5) is 5.69 Å². The first-order valence-corrected chi connectivity index (χ1v) is 7.19. The van der Waals surface area contributed by atoms with E-state index in [1.54, 1.807) is 13.0 Å². The number of benzene rings is 2. The number of phenols is 1. The van der Waals surface area contributed by atoms with Crippen LogP contribution in [-0.4, -0.2) is 13.5 Å². The first-order chi connectivity index (χ1) is 9.36. The second-order valence-corrected chi connectivity index (χ2v) is 6.26. The molecule has 0 heterocycles. The average molecular weight is 288 g/mol. The molecule has 0 bridgehead atoms. The Balaban J connectivity index is 2.74. The molecule has 0 saturated carbocycles. The van der Waals surface area contributed by atoms with Crippen molar-refractivity contribution >= 4 is 15.5 Å². The van der Waals surface area contributed by atoms with E-state index in [9.17, 15) is 13.5 Å². The van der Waals surface area contributed by atoms with E-state index < -0.39 is 9.84 Å². The summed E-state index contributed by atoms with van der Waals surface area (Å²) < 4.78 is 25.1. The number of nitrogens with two attached hydrogens (primary N) is 1. The molecule has 0 atom stereocenters. The molecule has 6 heteroatoms. The molecule has 0 saturated heterocycles. The predicted molar refractivity (Wildman–Crippen MR) is 73.9 cm³/mol. The van der Waals surface area contributed by atoms with Crippen molar-refractivity contribution in [1.29, 1.82) is 5.26 Å². The number of phenolic OH excluding ortho intramolecular Hbond substituents is 1. The summed E-state index contributed by atoms with van der Waals surface area (Å²) in [6, 6.07) is 10.1. The van der Waals surface area contributed by atoms with Crippen molar-refractivity contribution in [2.75, 3.05) is 5.73 Å². The lowest BCUT2D eigenvalue weighted by Gasteiger charge is -2.09. The van der Waals surface area contributed by atoms with Crippen molar-refractivity contribution in [2.45, 2.75) is 16.7 Å². The van der Waals surface area contributed by atoms with Gasteiger partial charge >= 0.3 is 0 Å².